The summed E-state index contributed by atoms with van der Waals surface area (Å²) < 4.78 is 0. The third kappa shape index (κ3) is 3.85. The lowest BCUT2D eigenvalue weighted by atomic mass is 9.81. The summed E-state index contributed by atoms with van der Waals surface area (Å²) in [5, 5.41) is 6.35. The Labute approximate surface area is 128 Å². The quantitative estimate of drug-likeness (QED) is 0.799. The van der Waals surface area contributed by atoms with Crippen LogP contribution in [0.15, 0.2) is 42.5 Å². The van der Waals surface area contributed by atoms with Gasteiger partial charge in [0.25, 0.3) is 0 Å². The molecule has 0 amide bonds. The monoisotopic (exact) mass is 281 g/mol. The van der Waals surface area contributed by atoms with E-state index < -0.39 is 0 Å². The molecule has 2 aromatic rings. The molecular weight excluding hydrogens is 254 g/mol. The van der Waals surface area contributed by atoms with Crippen molar-refractivity contribution in [2.75, 3.05) is 6.54 Å². The minimum absolute atomic E-state index is 0.897. The van der Waals surface area contributed by atoms with Gasteiger partial charge in [0.05, 0.1) is 0 Å². The molecule has 1 saturated carbocycles. The molecule has 0 heterocycles. The van der Waals surface area contributed by atoms with Gasteiger partial charge in [0.1, 0.15) is 0 Å². The van der Waals surface area contributed by atoms with Gasteiger partial charge in [-0.15, -0.1) is 0 Å². The highest BCUT2D eigenvalue weighted by atomic mass is 14.9. The summed E-state index contributed by atoms with van der Waals surface area (Å²) in [4.78, 5) is 0. The topological polar surface area (TPSA) is 12.0 Å². The maximum Gasteiger partial charge on any atom is 0.0205 e. The van der Waals surface area contributed by atoms with Crippen molar-refractivity contribution < 1.29 is 0 Å². The Morgan fingerprint density at radius 3 is 2.38 bits per heavy atom. The van der Waals surface area contributed by atoms with Crippen molar-refractivity contribution in [1.29, 1.82) is 0 Å². The number of hydrogen-bond acceptors (Lipinski definition) is 1. The van der Waals surface area contributed by atoms with Crippen molar-refractivity contribution in [3.8, 4) is 0 Å². The van der Waals surface area contributed by atoms with E-state index in [1.54, 1.807) is 0 Å². The Bertz CT molecular complexity index is 567. The molecule has 0 bridgehead atoms. The van der Waals surface area contributed by atoms with Crippen LogP contribution in [-0.4, -0.2) is 6.54 Å². The summed E-state index contributed by atoms with van der Waals surface area (Å²) in [6.07, 6.45) is 7.10. The largest absolute Gasteiger partial charge is 0.312 e. The first-order valence-electron chi connectivity index (χ1n) is 8.53. The Hall–Kier alpha value is -1.34. The summed E-state index contributed by atoms with van der Waals surface area (Å²) in [6.45, 7) is 4.52. The van der Waals surface area contributed by atoms with Crippen molar-refractivity contribution in [3.63, 3.8) is 0 Å². The predicted molar refractivity (Wildman–Crippen MR) is 91.4 cm³/mol. The van der Waals surface area contributed by atoms with Crippen molar-refractivity contribution in [2.45, 2.75) is 45.6 Å². The number of nitrogens with one attached hydrogen (secondary N) is 1. The first kappa shape index (κ1) is 14.6. The lowest BCUT2D eigenvalue weighted by Gasteiger charge is -2.27. The Kier molecular flexibility index (Phi) is 4.92. The summed E-state index contributed by atoms with van der Waals surface area (Å²) in [5.41, 5.74) is 1.40. The predicted octanol–water partition coefficient (Wildman–Crippen LogP) is 5.15. The minimum atomic E-state index is 0.897. The van der Waals surface area contributed by atoms with E-state index in [0.717, 1.165) is 18.4 Å². The first-order chi connectivity index (χ1) is 10.3. The van der Waals surface area contributed by atoms with Crippen molar-refractivity contribution in [3.05, 3.63) is 48.0 Å². The third-order valence-corrected chi connectivity index (χ3v) is 5.12. The average Bonchev–Trinajstić information content (AvgIpc) is 2.55. The van der Waals surface area contributed by atoms with Crippen molar-refractivity contribution in [1.82, 2.24) is 5.32 Å². The molecule has 21 heavy (non-hydrogen) atoms. The molecule has 1 nitrogen and oxygen atoms in total. The van der Waals surface area contributed by atoms with E-state index in [-0.39, 0.29) is 0 Å². The van der Waals surface area contributed by atoms with Crippen LogP contribution in [-0.2, 0) is 6.54 Å². The van der Waals surface area contributed by atoms with E-state index in [2.05, 4.69) is 54.7 Å². The zero-order chi connectivity index (χ0) is 14.5. The maximum absolute atomic E-state index is 3.67. The molecule has 0 aliphatic heterocycles. The SMILES string of the molecule is CCC1CCC(CNCc2ccc3ccccc3c2)CC1. The molecule has 2 aromatic carbocycles. The van der Waals surface area contributed by atoms with Gasteiger partial charge in [-0.05, 0) is 53.6 Å². The zero-order valence-electron chi connectivity index (χ0n) is 13.1. The smallest absolute Gasteiger partial charge is 0.0205 e. The van der Waals surface area contributed by atoms with Crippen LogP contribution < -0.4 is 5.32 Å². The molecule has 0 saturated heterocycles. The molecule has 0 aromatic heterocycles. The van der Waals surface area contributed by atoms with E-state index in [4.69, 9.17) is 0 Å². The maximum atomic E-state index is 3.67. The Morgan fingerprint density at radius 2 is 1.62 bits per heavy atom. The molecule has 1 aliphatic rings. The van der Waals surface area contributed by atoms with Gasteiger partial charge in [0, 0.05) is 6.54 Å². The fourth-order valence-corrected chi connectivity index (χ4v) is 3.61. The van der Waals surface area contributed by atoms with E-state index in [9.17, 15) is 0 Å². The van der Waals surface area contributed by atoms with Gasteiger partial charge in [-0.2, -0.15) is 0 Å². The number of rotatable bonds is 5. The highest BCUT2D eigenvalue weighted by molar-refractivity contribution is 5.82. The summed E-state index contributed by atoms with van der Waals surface area (Å²) in [5.74, 6) is 1.90. The van der Waals surface area contributed by atoms with Gasteiger partial charge in [0.15, 0.2) is 0 Å². The van der Waals surface area contributed by atoms with Crippen LogP contribution in [0.25, 0.3) is 10.8 Å². The third-order valence-electron chi connectivity index (χ3n) is 5.12. The van der Waals surface area contributed by atoms with Gasteiger partial charge in [-0.3, -0.25) is 0 Å². The lowest BCUT2D eigenvalue weighted by molar-refractivity contribution is 0.262. The van der Waals surface area contributed by atoms with Crippen LogP contribution in [0.5, 0.6) is 0 Å². The number of benzene rings is 2. The average molecular weight is 281 g/mol. The standard InChI is InChI=1S/C20H27N/c1-2-16-7-9-17(10-8-16)14-21-15-18-11-12-19-5-3-4-6-20(19)13-18/h3-6,11-13,16-17,21H,2,7-10,14-15H2,1H3. The molecule has 0 unspecified atom stereocenters. The van der Waals surface area contributed by atoms with Crippen molar-refractivity contribution in [2.24, 2.45) is 11.8 Å². The van der Waals surface area contributed by atoms with Gasteiger partial charge < -0.3 is 5.32 Å². The second kappa shape index (κ2) is 7.09. The Morgan fingerprint density at radius 1 is 0.905 bits per heavy atom. The van der Waals surface area contributed by atoms with E-state index in [1.165, 1.54) is 55.0 Å². The second-order valence-electron chi connectivity index (χ2n) is 6.61. The van der Waals surface area contributed by atoms with Crippen molar-refractivity contribution >= 4 is 10.8 Å². The van der Waals surface area contributed by atoms with Crippen LogP contribution in [0.4, 0.5) is 0 Å². The molecule has 3 rings (SSSR count). The number of hydrogen-bond donors (Lipinski definition) is 1. The normalized spacial score (nSPS) is 22.5. The van der Waals surface area contributed by atoms with Crippen LogP contribution in [0, 0.1) is 11.8 Å². The molecular formula is C20H27N. The van der Waals surface area contributed by atoms with Gasteiger partial charge in [-0.25, -0.2) is 0 Å². The number of fused-ring (bicyclic) bond motifs is 1. The highest BCUT2D eigenvalue weighted by Gasteiger charge is 2.19. The first-order valence-corrected chi connectivity index (χ1v) is 8.53. The molecule has 112 valence electrons. The molecule has 0 atom stereocenters. The molecule has 1 N–H and O–H groups in total. The van der Waals surface area contributed by atoms with E-state index in [1.807, 2.05) is 0 Å². The molecule has 1 heteroatoms. The second-order valence-corrected chi connectivity index (χ2v) is 6.61. The highest BCUT2D eigenvalue weighted by Crippen LogP contribution is 2.30. The van der Waals surface area contributed by atoms with E-state index >= 15 is 0 Å². The lowest BCUT2D eigenvalue weighted by Crippen LogP contribution is -2.26. The van der Waals surface area contributed by atoms with Gasteiger partial charge >= 0.3 is 0 Å². The van der Waals surface area contributed by atoms with Crippen LogP contribution >= 0.6 is 0 Å². The fraction of sp³-hybridized carbons (Fsp3) is 0.500. The zero-order valence-corrected chi connectivity index (χ0v) is 13.1. The minimum Gasteiger partial charge on any atom is -0.312 e. The molecule has 0 radical (unpaired) electrons. The van der Waals surface area contributed by atoms with Crippen LogP contribution in [0.2, 0.25) is 0 Å². The molecule has 0 spiro atoms. The van der Waals surface area contributed by atoms with Gasteiger partial charge in [0.2, 0.25) is 0 Å². The Balaban J connectivity index is 1.48. The summed E-state index contributed by atoms with van der Waals surface area (Å²) >= 11 is 0. The van der Waals surface area contributed by atoms with E-state index in [0.29, 0.717) is 0 Å². The molecule has 1 aliphatic carbocycles. The molecule has 1 fully saturated rings. The fourth-order valence-electron chi connectivity index (χ4n) is 3.61. The summed E-state index contributed by atoms with van der Waals surface area (Å²) in [7, 11) is 0. The van der Waals surface area contributed by atoms with Gasteiger partial charge in [-0.1, -0.05) is 62.6 Å². The summed E-state index contributed by atoms with van der Waals surface area (Å²) in [6, 6.07) is 15.4. The van der Waals surface area contributed by atoms with Crippen LogP contribution in [0.1, 0.15) is 44.6 Å². The van der Waals surface area contributed by atoms with Crippen LogP contribution in [0.3, 0.4) is 0 Å².